The second-order valence-corrected chi connectivity index (χ2v) is 7.02. The minimum absolute atomic E-state index is 0.461. The number of aliphatic imine (C=N–C) groups is 1. The van der Waals surface area contributed by atoms with Gasteiger partial charge in [0.2, 0.25) is 5.89 Å². The molecule has 0 aliphatic carbocycles. The molecule has 1 aromatic carbocycles. The molecule has 1 saturated heterocycles. The number of rotatable bonds is 7. The van der Waals surface area contributed by atoms with Gasteiger partial charge in [-0.25, -0.2) is 9.98 Å². The maximum atomic E-state index is 5.92. The lowest BCUT2D eigenvalue weighted by atomic mass is 10.1. The normalized spacial score (nSPS) is 17.5. The summed E-state index contributed by atoms with van der Waals surface area (Å²) in [5.41, 5.74) is 2.15. The highest BCUT2D eigenvalue weighted by molar-refractivity contribution is 5.80. The number of nitrogens with one attached hydrogen (secondary N) is 1. The van der Waals surface area contributed by atoms with Crippen molar-refractivity contribution in [1.82, 2.24) is 15.2 Å². The van der Waals surface area contributed by atoms with Crippen molar-refractivity contribution in [2.75, 3.05) is 26.2 Å². The smallest absolute Gasteiger partial charge is 0.216 e. The molecule has 1 aromatic heterocycles. The minimum Gasteiger partial charge on any atom is -0.444 e. The highest BCUT2D eigenvalue weighted by Gasteiger charge is 2.25. The zero-order valence-electron chi connectivity index (χ0n) is 16.6. The minimum atomic E-state index is 0.461. The predicted molar refractivity (Wildman–Crippen MR) is 107 cm³/mol. The topological polar surface area (TPSA) is 62.9 Å². The van der Waals surface area contributed by atoms with Gasteiger partial charge in [0, 0.05) is 25.6 Å². The molecular formula is C21H30N4O2. The van der Waals surface area contributed by atoms with Gasteiger partial charge in [-0.2, -0.15) is 0 Å². The van der Waals surface area contributed by atoms with Crippen molar-refractivity contribution in [1.29, 1.82) is 0 Å². The molecule has 1 aliphatic heterocycles. The lowest BCUT2D eigenvalue weighted by Gasteiger charge is -2.21. The molecular weight excluding hydrogens is 340 g/mol. The van der Waals surface area contributed by atoms with E-state index in [9.17, 15) is 0 Å². The van der Waals surface area contributed by atoms with Crippen molar-refractivity contribution in [3.05, 3.63) is 53.2 Å². The summed E-state index contributed by atoms with van der Waals surface area (Å²) in [6.07, 6.45) is 1.12. The molecule has 2 aromatic rings. The highest BCUT2D eigenvalue weighted by Crippen LogP contribution is 2.18. The summed E-state index contributed by atoms with van der Waals surface area (Å²) in [6, 6.07) is 10.3. The number of oxazole rings is 1. The molecule has 1 aliphatic rings. The number of aromatic nitrogens is 1. The molecule has 0 amide bonds. The van der Waals surface area contributed by atoms with Gasteiger partial charge < -0.3 is 19.4 Å². The standard InChI is InChI=1S/C21H30N4O2/c1-4-22-21(23-12-20-24-16(2)17(3)27-20)25-11-10-19(13-25)15-26-14-18-8-6-5-7-9-18/h5-9,19H,4,10-15H2,1-3H3,(H,22,23). The van der Waals surface area contributed by atoms with E-state index in [1.165, 1.54) is 5.56 Å². The first kappa shape index (κ1) is 19.4. The first-order chi connectivity index (χ1) is 13.2. The van der Waals surface area contributed by atoms with Crippen molar-refractivity contribution in [3.8, 4) is 0 Å². The number of aryl methyl sites for hydroxylation is 2. The van der Waals surface area contributed by atoms with Crippen molar-refractivity contribution in [3.63, 3.8) is 0 Å². The number of hydrogen-bond acceptors (Lipinski definition) is 4. The van der Waals surface area contributed by atoms with Gasteiger partial charge >= 0.3 is 0 Å². The summed E-state index contributed by atoms with van der Waals surface area (Å²) in [4.78, 5) is 11.4. The summed E-state index contributed by atoms with van der Waals surface area (Å²) < 4.78 is 11.6. The van der Waals surface area contributed by atoms with Crippen LogP contribution >= 0.6 is 0 Å². The molecule has 0 bridgehead atoms. The van der Waals surface area contributed by atoms with Crippen LogP contribution in [0, 0.1) is 19.8 Å². The van der Waals surface area contributed by atoms with Crippen LogP contribution in [-0.4, -0.2) is 42.1 Å². The van der Waals surface area contributed by atoms with Crippen molar-refractivity contribution in [2.24, 2.45) is 10.9 Å². The van der Waals surface area contributed by atoms with Gasteiger partial charge in [0.05, 0.1) is 18.9 Å². The number of nitrogens with zero attached hydrogens (tertiary/aromatic N) is 3. The SMILES string of the molecule is CCNC(=NCc1nc(C)c(C)o1)N1CCC(COCc2ccccc2)C1. The number of guanidine groups is 1. The molecule has 1 fully saturated rings. The van der Waals surface area contributed by atoms with Crippen LogP contribution in [0.5, 0.6) is 0 Å². The number of likely N-dealkylation sites (tertiary alicyclic amines) is 1. The van der Waals surface area contributed by atoms with Crippen LogP contribution in [0.25, 0.3) is 0 Å². The summed E-state index contributed by atoms with van der Waals surface area (Å²) in [5.74, 6) is 2.99. The van der Waals surface area contributed by atoms with E-state index in [-0.39, 0.29) is 0 Å². The largest absolute Gasteiger partial charge is 0.444 e. The summed E-state index contributed by atoms with van der Waals surface area (Å²) >= 11 is 0. The van der Waals surface area contributed by atoms with Gasteiger partial charge in [0.15, 0.2) is 5.96 Å². The summed E-state index contributed by atoms with van der Waals surface area (Å²) in [5, 5.41) is 3.38. The Bertz CT molecular complexity index is 722. The van der Waals surface area contributed by atoms with Crippen LogP contribution < -0.4 is 5.32 Å². The molecule has 146 valence electrons. The Balaban J connectivity index is 1.50. The number of ether oxygens (including phenoxy) is 1. The fraction of sp³-hybridized carbons (Fsp3) is 0.524. The summed E-state index contributed by atoms with van der Waals surface area (Å²) in [6.45, 7) is 10.7. The third-order valence-electron chi connectivity index (χ3n) is 4.82. The Morgan fingerprint density at radius 2 is 2.15 bits per heavy atom. The third-order valence-corrected chi connectivity index (χ3v) is 4.82. The molecule has 1 N–H and O–H groups in total. The quantitative estimate of drug-likeness (QED) is 0.598. The molecule has 0 spiro atoms. The van der Waals surface area contributed by atoms with Gasteiger partial charge in [-0.1, -0.05) is 30.3 Å². The average Bonchev–Trinajstić information content (AvgIpc) is 3.26. The Labute approximate surface area is 161 Å². The molecule has 6 nitrogen and oxygen atoms in total. The molecule has 1 atom stereocenters. The van der Waals surface area contributed by atoms with Crippen LogP contribution in [-0.2, 0) is 17.9 Å². The summed E-state index contributed by atoms with van der Waals surface area (Å²) in [7, 11) is 0. The molecule has 2 heterocycles. The second kappa shape index (κ2) is 9.55. The molecule has 1 unspecified atom stereocenters. The first-order valence-electron chi connectivity index (χ1n) is 9.73. The fourth-order valence-corrected chi connectivity index (χ4v) is 3.25. The van der Waals surface area contributed by atoms with E-state index in [0.29, 0.717) is 25.0 Å². The van der Waals surface area contributed by atoms with Crippen molar-refractivity contribution < 1.29 is 9.15 Å². The number of hydrogen-bond donors (Lipinski definition) is 1. The molecule has 0 radical (unpaired) electrons. The molecule has 3 rings (SSSR count). The van der Waals surface area contributed by atoms with E-state index in [0.717, 1.165) is 50.1 Å². The Kier molecular flexibility index (Phi) is 6.87. The maximum Gasteiger partial charge on any atom is 0.216 e. The third kappa shape index (κ3) is 5.57. The van der Waals surface area contributed by atoms with E-state index in [1.807, 2.05) is 32.0 Å². The molecule has 6 heteroatoms. The Hall–Kier alpha value is -2.34. The highest BCUT2D eigenvalue weighted by atomic mass is 16.5. The Morgan fingerprint density at radius 3 is 2.85 bits per heavy atom. The van der Waals surface area contributed by atoms with Crippen LogP contribution in [0.3, 0.4) is 0 Å². The second-order valence-electron chi connectivity index (χ2n) is 7.02. The lowest BCUT2D eigenvalue weighted by molar-refractivity contribution is 0.0906. The lowest BCUT2D eigenvalue weighted by Crippen LogP contribution is -2.40. The van der Waals surface area contributed by atoms with Gasteiger partial charge in [-0.3, -0.25) is 0 Å². The van der Waals surface area contributed by atoms with Gasteiger partial charge in [0.1, 0.15) is 12.3 Å². The van der Waals surface area contributed by atoms with Crippen LogP contribution in [0.1, 0.15) is 36.3 Å². The zero-order chi connectivity index (χ0) is 19.1. The van der Waals surface area contributed by atoms with Crippen LogP contribution in [0.2, 0.25) is 0 Å². The fourth-order valence-electron chi connectivity index (χ4n) is 3.25. The van der Waals surface area contributed by atoms with Gasteiger partial charge in [0.25, 0.3) is 0 Å². The van der Waals surface area contributed by atoms with E-state index in [2.05, 4.69) is 34.3 Å². The average molecular weight is 370 g/mol. The van der Waals surface area contributed by atoms with E-state index >= 15 is 0 Å². The van der Waals surface area contributed by atoms with Crippen molar-refractivity contribution >= 4 is 5.96 Å². The zero-order valence-corrected chi connectivity index (χ0v) is 16.6. The van der Waals surface area contributed by atoms with E-state index in [4.69, 9.17) is 14.1 Å². The van der Waals surface area contributed by atoms with Crippen molar-refractivity contribution in [2.45, 2.75) is 40.3 Å². The molecule has 27 heavy (non-hydrogen) atoms. The maximum absolute atomic E-state index is 5.92. The molecule has 0 saturated carbocycles. The number of benzene rings is 1. The Morgan fingerprint density at radius 1 is 1.33 bits per heavy atom. The first-order valence-corrected chi connectivity index (χ1v) is 9.73. The predicted octanol–water partition coefficient (Wildman–Crippen LogP) is 3.30. The van der Waals surface area contributed by atoms with Gasteiger partial charge in [-0.15, -0.1) is 0 Å². The van der Waals surface area contributed by atoms with E-state index < -0.39 is 0 Å². The van der Waals surface area contributed by atoms with Gasteiger partial charge in [-0.05, 0) is 32.8 Å². The van der Waals surface area contributed by atoms with E-state index in [1.54, 1.807) is 0 Å². The van der Waals surface area contributed by atoms with Crippen LogP contribution in [0.15, 0.2) is 39.7 Å². The van der Waals surface area contributed by atoms with Crippen LogP contribution in [0.4, 0.5) is 0 Å². The monoisotopic (exact) mass is 370 g/mol.